The third kappa shape index (κ3) is 3.62. The third-order valence-corrected chi connectivity index (χ3v) is 2.10. The van der Waals surface area contributed by atoms with E-state index in [9.17, 15) is 9.59 Å². The lowest BCUT2D eigenvalue weighted by atomic mass is 10.2. The monoisotopic (exact) mass is 218 g/mol. The molecule has 4 nitrogen and oxygen atoms in total. The SMILES string of the molecule is C#CCCCCNC(=O)c1c[nH]ccc1=O. The molecule has 1 aromatic rings. The highest BCUT2D eigenvalue weighted by molar-refractivity contribution is 5.93. The summed E-state index contributed by atoms with van der Waals surface area (Å²) in [6, 6.07) is 1.33. The van der Waals surface area contributed by atoms with Crippen LogP contribution in [0.3, 0.4) is 0 Å². The van der Waals surface area contributed by atoms with Crippen molar-refractivity contribution in [2.45, 2.75) is 19.3 Å². The highest BCUT2D eigenvalue weighted by Gasteiger charge is 2.07. The largest absolute Gasteiger partial charge is 0.367 e. The van der Waals surface area contributed by atoms with Gasteiger partial charge in [0, 0.05) is 31.4 Å². The first kappa shape index (κ1) is 12.1. The van der Waals surface area contributed by atoms with Crippen LogP contribution in [0.15, 0.2) is 23.3 Å². The van der Waals surface area contributed by atoms with Gasteiger partial charge in [-0.2, -0.15) is 0 Å². The lowest BCUT2D eigenvalue weighted by molar-refractivity contribution is 0.0951. The smallest absolute Gasteiger partial charge is 0.256 e. The Morgan fingerprint density at radius 2 is 2.31 bits per heavy atom. The quantitative estimate of drug-likeness (QED) is 0.570. The summed E-state index contributed by atoms with van der Waals surface area (Å²) in [5, 5.41) is 2.67. The van der Waals surface area contributed by atoms with Crippen molar-refractivity contribution in [1.82, 2.24) is 10.3 Å². The van der Waals surface area contributed by atoms with Gasteiger partial charge in [-0.1, -0.05) is 0 Å². The van der Waals surface area contributed by atoms with Crippen LogP contribution in [0.1, 0.15) is 29.6 Å². The summed E-state index contributed by atoms with van der Waals surface area (Å²) in [4.78, 5) is 25.5. The number of pyridine rings is 1. The van der Waals surface area contributed by atoms with Gasteiger partial charge < -0.3 is 10.3 Å². The Morgan fingerprint density at radius 3 is 3.00 bits per heavy atom. The van der Waals surface area contributed by atoms with Crippen molar-refractivity contribution in [3.63, 3.8) is 0 Å². The lowest BCUT2D eigenvalue weighted by Gasteiger charge is -2.03. The molecule has 0 radical (unpaired) electrons. The van der Waals surface area contributed by atoms with Crippen LogP contribution in [0.2, 0.25) is 0 Å². The van der Waals surface area contributed by atoms with Crippen molar-refractivity contribution in [3.8, 4) is 12.3 Å². The second kappa shape index (κ2) is 6.46. The second-order valence-corrected chi connectivity index (χ2v) is 3.34. The Kier molecular flexibility index (Phi) is 4.87. The number of hydrogen-bond donors (Lipinski definition) is 2. The molecule has 4 heteroatoms. The Labute approximate surface area is 94.1 Å². The molecule has 1 amide bonds. The number of hydrogen-bond acceptors (Lipinski definition) is 2. The van der Waals surface area contributed by atoms with Gasteiger partial charge in [0.05, 0.1) is 0 Å². The van der Waals surface area contributed by atoms with E-state index in [0.29, 0.717) is 13.0 Å². The maximum Gasteiger partial charge on any atom is 0.256 e. The van der Waals surface area contributed by atoms with Crippen LogP contribution in [0, 0.1) is 12.3 Å². The van der Waals surface area contributed by atoms with Crippen LogP contribution in [0.25, 0.3) is 0 Å². The predicted molar refractivity (Wildman–Crippen MR) is 62.1 cm³/mol. The number of rotatable bonds is 5. The standard InChI is InChI=1S/C12H14N2O2/c1-2-3-4-5-7-14-12(16)10-9-13-8-6-11(10)15/h1,6,8-9H,3-5,7H2,(H,13,15)(H,14,16). The van der Waals surface area contributed by atoms with Gasteiger partial charge in [-0.05, 0) is 12.8 Å². The van der Waals surface area contributed by atoms with E-state index in [1.807, 2.05) is 0 Å². The molecule has 0 aliphatic heterocycles. The molecule has 1 aromatic heterocycles. The molecule has 0 bridgehead atoms. The van der Waals surface area contributed by atoms with Gasteiger partial charge in [-0.3, -0.25) is 9.59 Å². The topological polar surface area (TPSA) is 62.0 Å². The first-order valence-electron chi connectivity index (χ1n) is 5.14. The van der Waals surface area contributed by atoms with E-state index in [0.717, 1.165) is 12.8 Å². The number of unbranched alkanes of at least 4 members (excludes halogenated alkanes) is 2. The first-order valence-corrected chi connectivity index (χ1v) is 5.14. The van der Waals surface area contributed by atoms with Gasteiger partial charge >= 0.3 is 0 Å². The summed E-state index contributed by atoms with van der Waals surface area (Å²) >= 11 is 0. The summed E-state index contributed by atoms with van der Waals surface area (Å²) < 4.78 is 0. The molecule has 0 spiro atoms. The predicted octanol–water partition coefficient (Wildman–Crippen LogP) is 0.908. The molecule has 16 heavy (non-hydrogen) atoms. The molecule has 1 heterocycles. The van der Waals surface area contributed by atoms with Gasteiger partial charge in [0.1, 0.15) is 5.56 Å². The molecule has 0 saturated carbocycles. The normalized spacial score (nSPS) is 9.44. The average Bonchev–Trinajstić information content (AvgIpc) is 2.29. The van der Waals surface area contributed by atoms with Gasteiger partial charge in [-0.15, -0.1) is 12.3 Å². The molecule has 0 aliphatic carbocycles. The molecule has 2 N–H and O–H groups in total. The maximum atomic E-state index is 11.5. The zero-order valence-corrected chi connectivity index (χ0v) is 8.95. The van der Waals surface area contributed by atoms with Crippen molar-refractivity contribution in [2.75, 3.05) is 6.54 Å². The Hall–Kier alpha value is -2.02. The zero-order chi connectivity index (χ0) is 11.8. The molecular formula is C12H14N2O2. The fraction of sp³-hybridized carbons (Fsp3) is 0.333. The van der Waals surface area contributed by atoms with Gasteiger partial charge in [-0.25, -0.2) is 0 Å². The minimum absolute atomic E-state index is 0.138. The van der Waals surface area contributed by atoms with Gasteiger partial charge in [0.15, 0.2) is 5.43 Å². The second-order valence-electron chi connectivity index (χ2n) is 3.34. The van der Waals surface area contributed by atoms with E-state index in [1.54, 1.807) is 0 Å². The van der Waals surface area contributed by atoms with Crippen molar-refractivity contribution >= 4 is 5.91 Å². The summed E-state index contributed by atoms with van der Waals surface area (Å²) in [7, 11) is 0. The molecule has 84 valence electrons. The van der Waals surface area contributed by atoms with E-state index < -0.39 is 0 Å². The summed E-state index contributed by atoms with van der Waals surface area (Å²) in [5.41, 5.74) is -0.140. The number of terminal acetylenes is 1. The Morgan fingerprint density at radius 1 is 1.50 bits per heavy atom. The van der Waals surface area contributed by atoms with Crippen LogP contribution < -0.4 is 10.7 Å². The minimum atomic E-state index is -0.345. The van der Waals surface area contributed by atoms with Crippen molar-refractivity contribution in [1.29, 1.82) is 0 Å². The molecule has 0 aliphatic rings. The van der Waals surface area contributed by atoms with Crippen molar-refractivity contribution < 1.29 is 4.79 Å². The van der Waals surface area contributed by atoms with Crippen molar-refractivity contribution in [3.05, 3.63) is 34.2 Å². The van der Waals surface area contributed by atoms with Crippen LogP contribution in [-0.4, -0.2) is 17.4 Å². The highest BCUT2D eigenvalue weighted by Crippen LogP contribution is 1.93. The van der Waals surface area contributed by atoms with Crippen LogP contribution in [0.5, 0.6) is 0 Å². The Bertz CT molecular complexity index is 443. The van der Waals surface area contributed by atoms with Gasteiger partial charge in [0.2, 0.25) is 0 Å². The first-order chi connectivity index (χ1) is 7.75. The van der Waals surface area contributed by atoms with Crippen LogP contribution in [0.4, 0.5) is 0 Å². The number of aromatic nitrogens is 1. The highest BCUT2D eigenvalue weighted by atomic mass is 16.2. The number of carbonyl (C=O) groups is 1. The van der Waals surface area contributed by atoms with E-state index in [-0.39, 0.29) is 16.9 Å². The molecule has 0 atom stereocenters. The van der Waals surface area contributed by atoms with Gasteiger partial charge in [0.25, 0.3) is 5.91 Å². The van der Waals surface area contributed by atoms with Crippen LogP contribution in [-0.2, 0) is 0 Å². The van der Waals surface area contributed by atoms with E-state index >= 15 is 0 Å². The van der Waals surface area contributed by atoms with Crippen molar-refractivity contribution in [2.24, 2.45) is 0 Å². The lowest BCUT2D eigenvalue weighted by Crippen LogP contribution is -2.29. The minimum Gasteiger partial charge on any atom is -0.367 e. The number of carbonyl (C=O) groups excluding carboxylic acids is 1. The fourth-order valence-corrected chi connectivity index (χ4v) is 1.24. The molecule has 0 unspecified atom stereocenters. The molecule has 0 fully saturated rings. The Balaban J connectivity index is 2.40. The molecule has 1 rings (SSSR count). The van der Waals surface area contributed by atoms with Crippen LogP contribution >= 0.6 is 0 Å². The zero-order valence-electron chi connectivity index (χ0n) is 8.95. The number of nitrogens with one attached hydrogen (secondary N) is 2. The molecular weight excluding hydrogens is 204 g/mol. The number of amides is 1. The summed E-state index contributed by atoms with van der Waals surface area (Å²) in [6.07, 6.45) is 10.4. The fourth-order valence-electron chi connectivity index (χ4n) is 1.24. The number of aromatic amines is 1. The molecule has 0 aromatic carbocycles. The third-order valence-electron chi connectivity index (χ3n) is 2.10. The summed E-state index contributed by atoms with van der Waals surface area (Å²) in [5.74, 6) is 2.18. The molecule has 0 saturated heterocycles. The van der Waals surface area contributed by atoms with E-state index in [2.05, 4.69) is 16.2 Å². The number of H-pyrrole nitrogens is 1. The van der Waals surface area contributed by atoms with E-state index in [4.69, 9.17) is 6.42 Å². The average molecular weight is 218 g/mol. The summed E-state index contributed by atoms with van der Waals surface area (Å²) in [6.45, 7) is 0.537. The maximum absolute atomic E-state index is 11.5. The van der Waals surface area contributed by atoms with E-state index in [1.165, 1.54) is 18.5 Å².